The Morgan fingerprint density at radius 3 is 2.63 bits per heavy atom. The molecule has 0 aliphatic rings. The molecule has 1 aromatic carbocycles. The maximum absolute atomic E-state index is 13.7. The smallest absolute Gasteiger partial charge is 0.126 e. The molecule has 2 nitrogen and oxygen atoms in total. The largest absolute Gasteiger partial charge is 0.377 e. The lowest BCUT2D eigenvalue weighted by Gasteiger charge is -2.25. The average Bonchev–Trinajstić information content (AvgIpc) is 2.38. The molecule has 0 saturated carbocycles. The molecule has 2 unspecified atom stereocenters. The van der Waals surface area contributed by atoms with E-state index in [0.29, 0.717) is 18.6 Å². The Hall–Kier alpha value is -1.00. The van der Waals surface area contributed by atoms with Crippen molar-refractivity contribution in [3.63, 3.8) is 0 Å². The van der Waals surface area contributed by atoms with Gasteiger partial charge in [-0.1, -0.05) is 6.92 Å². The van der Waals surface area contributed by atoms with Gasteiger partial charge in [-0.05, 0) is 57.0 Å². The maximum atomic E-state index is 13.7. The van der Waals surface area contributed by atoms with Crippen molar-refractivity contribution in [2.24, 2.45) is 0 Å². The molecule has 0 fully saturated rings. The second-order valence-electron chi connectivity index (χ2n) is 4.66. The number of ether oxygens (including phenoxy) is 1. The van der Waals surface area contributed by atoms with Crippen LogP contribution >= 0.6 is 0 Å². The Kier molecular flexibility index (Phi) is 6.95. The van der Waals surface area contributed by atoms with Crippen molar-refractivity contribution in [3.8, 4) is 0 Å². The molecule has 0 aromatic heterocycles. The van der Waals surface area contributed by atoms with Crippen molar-refractivity contribution in [2.75, 3.05) is 13.2 Å². The number of benzene rings is 1. The van der Waals surface area contributed by atoms with E-state index >= 15 is 0 Å². The van der Waals surface area contributed by atoms with E-state index in [9.17, 15) is 8.78 Å². The molecule has 0 bridgehead atoms. The molecule has 1 rings (SSSR count). The molecule has 1 aromatic rings. The summed E-state index contributed by atoms with van der Waals surface area (Å²) in [7, 11) is 0. The third-order valence-corrected chi connectivity index (χ3v) is 3.10. The van der Waals surface area contributed by atoms with Crippen LogP contribution in [-0.4, -0.2) is 25.3 Å². The summed E-state index contributed by atoms with van der Waals surface area (Å²) in [6.45, 7) is 7.39. The third kappa shape index (κ3) is 5.25. The van der Waals surface area contributed by atoms with Crippen LogP contribution in [0, 0.1) is 11.6 Å². The van der Waals surface area contributed by atoms with Crippen molar-refractivity contribution in [1.29, 1.82) is 0 Å². The topological polar surface area (TPSA) is 21.3 Å². The molecule has 108 valence electrons. The van der Waals surface area contributed by atoms with Gasteiger partial charge in [0, 0.05) is 12.6 Å². The minimum absolute atomic E-state index is 0.0174. The zero-order valence-electron chi connectivity index (χ0n) is 11.9. The Morgan fingerprint density at radius 2 is 2.00 bits per heavy atom. The van der Waals surface area contributed by atoms with Crippen molar-refractivity contribution >= 4 is 0 Å². The van der Waals surface area contributed by atoms with Gasteiger partial charge >= 0.3 is 0 Å². The van der Waals surface area contributed by atoms with E-state index in [1.165, 1.54) is 12.1 Å². The summed E-state index contributed by atoms with van der Waals surface area (Å²) in [5, 5.41) is 3.34. The van der Waals surface area contributed by atoms with Crippen molar-refractivity contribution < 1.29 is 13.5 Å². The number of hydrogen-bond acceptors (Lipinski definition) is 2. The zero-order valence-corrected chi connectivity index (χ0v) is 11.9. The fourth-order valence-corrected chi connectivity index (χ4v) is 2.05. The monoisotopic (exact) mass is 271 g/mol. The van der Waals surface area contributed by atoms with Gasteiger partial charge < -0.3 is 10.1 Å². The molecule has 19 heavy (non-hydrogen) atoms. The second kappa shape index (κ2) is 8.23. The summed E-state index contributed by atoms with van der Waals surface area (Å²) in [5.74, 6) is -0.775. The maximum Gasteiger partial charge on any atom is 0.126 e. The van der Waals surface area contributed by atoms with Crippen molar-refractivity contribution in [1.82, 2.24) is 5.32 Å². The van der Waals surface area contributed by atoms with Crippen LogP contribution in [-0.2, 0) is 11.2 Å². The predicted octanol–water partition coefficient (Wildman–Crippen LogP) is 3.30. The van der Waals surface area contributed by atoms with E-state index in [1.54, 1.807) is 0 Å². The van der Waals surface area contributed by atoms with Gasteiger partial charge in [-0.3, -0.25) is 0 Å². The van der Waals surface area contributed by atoms with Crippen LogP contribution in [0.1, 0.15) is 32.8 Å². The number of hydrogen-bond donors (Lipinski definition) is 1. The van der Waals surface area contributed by atoms with Crippen LogP contribution in [0.5, 0.6) is 0 Å². The lowest BCUT2D eigenvalue weighted by Crippen LogP contribution is -2.42. The molecular formula is C15H23F2NO. The molecule has 0 saturated heterocycles. The van der Waals surface area contributed by atoms with E-state index in [4.69, 9.17) is 4.74 Å². The predicted molar refractivity (Wildman–Crippen MR) is 73.2 cm³/mol. The number of halogens is 2. The Bertz CT molecular complexity index is 384. The highest BCUT2D eigenvalue weighted by molar-refractivity contribution is 5.20. The quantitative estimate of drug-likeness (QED) is 0.783. The van der Waals surface area contributed by atoms with Crippen molar-refractivity contribution in [2.45, 2.75) is 45.8 Å². The van der Waals surface area contributed by atoms with E-state index in [0.717, 1.165) is 19.0 Å². The molecule has 0 aliphatic carbocycles. The molecule has 0 spiro atoms. The highest BCUT2D eigenvalue weighted by Crippen LogP contribution is 2.14. The highest BCUT2D eigenvalue weighted by Gasteiger charge is 2.19. The van der Waals surface area contributed by atoms with E-state index in [1.807, 2.05) is 13.8 Å². The first-order valence-corrected chi connectivity index (χ1v) is 6.87. The fourth-order valence-electron chi connectivity index (χ4n) is 2.05. The Balaban J connectivity index is 2.77. The number of rotatable bonds is 8. The van der Waals surface area contributed by atoms with Crippen LogP contribution in [0.3, 0.4) is 0 Å². The minimum atomic E-state index is -0.408. The summed E-state index contributed by atoms with van der Waals surface area (Å²) >= 11 is 0. The molecule has 0 amide bonds. The molecular weight excluding hydrogens is 248 g/mol. The molecule has 0 radical (unpaired) electrons. The van der Waals surface area contributed by atoms with Gasteiger partial charge in [0.05, 0.1) is 6.10 Å². The molecule has 1 N–H and O–H groups in total. The van der Waals surface area contributed by atoms with Crippen LogP contribution in [0.25, 0.3) is 0 Å². The summed E-state index contributed by atoms with van der Waals surface area (Å²) in [4.78, 5) is 0. The van der Waals surface area contributed by atoms with Gasteiger partial charge in [0.2, 0.25) is 0 Å². The lowest BCUT2D eigenvalue weighted by atomic mass is 10.0. The summed E-state index contributed by atoms with van der Waals surface area (Å²) < 4.78 is 32.4. The van der Waals surface area contributed by atoms with Gasteiger partial charge in [0.15, 0.2) is 0 Å². The first kappa shape index (κ1) is 16.1. The van der Waals surface area contributed by atoms with Crippen LogP contribution < -0.4 is 5.32 Å². The van der Waals surface area contributed by atoms with E-state index in [-0.39, 0.29) is 18.0 Å². The summed E-state index contributed by atoms with van der Waals surface area (Å²) in [6.07, 6.45) is 1.37. The average molecular weight is 271 g/mol. The van der Waals surface area contributed by atoms with Crippen LogP contribution in [0.15, 0.2) is 18.2 Å². The third-order valence-electron chi connectivity index (χ3n) is 3.10. The van der Waals surface area contributed by atoms with Gasteiger partial charge in [-0.25, -0.2) is 8.78 Å². The van der Waals surface area contributed by atoms with Crippen LogP contribution in [0.2, 0.25) is 0 Å². The Labute approximate surface area is 114 Å². The zero-order chi connectivity index (χ0) is 14.3. The van der Waals surface area contributed by atoms with Gasteiger partial charge in [-0.2, -0.15) is 0 Å². The molecule has 4 heteroatoms. The Morgan fingerprint density at radius 1 is 1.26 bits per heavy atom. The van der Waals surface area contributed by atoms with Gasteiger partial charge in [-0.15, -0.1) is 0 Å². The lowest BCUT2D eigenvalue weighted by molar-refractivity contribution is 0.0474. The van der Waals surface area contributed by atoms with Crippen molar-refractivity contribution in [3.05, 3.63) is 35.4 Å². The highest BCUT2D eigenvalue weighted by atomic mass is 19.1. The second-order valence-corrected chi connectivity index (χ2v) is 4.66. The summed E-state index contributed by atoms with van der Waals surface area (Å²) in [5.41, 5.74) is 0.389. The molecule has 2 atom stereocenters. The standard InChI is InChI=1S/C15H23F2NO/c1-4-8-18-15(11(3)19-5-2)10-12-9-13(16)6-7-14(12)17/h6-7,9,11,15,18H,4-5,8,10H2,1-3H3. The summed E-state index contributed by atoms with van der Waals surface area (Å²) in [6, 6.07) is 3.55. The van der Waals surface area contributed by atoms with Gasteiger partial charge in [0.1, 0.15) is 11.6 Å². The molecule has 0 heterocycles. The first-order chi connectivity index (χ1) is 9.08. The molecule has 0 aliphatic heterocycles. The SMILES string of the molecule is CCCNC(Cc1cc(F)ccc1F)C(C)OCC. The fraction of sp³-hybridized carbons (Fsp3) is 0.600. The van der Waals surface area contributed by atoms with Crippen LogP contribution in [0.4, 0.5) is 8.78 Å². The van der Waals surface area contributed by atoms with E-state index in [2.05, 4.69) is 12.2 Å². The number of nitrogens with one attached hydrogen (secondary N) is 1. The van der Waals surface area contributed by atoms with E-state index < -0.39 is 5.82 Å². The minimum Gasteiger partial charge on any atom is -0.377 e. The normalized spacial score (nSPS) is 14.4. The van der Waals surface area contributed by atoms with Gasteiger partial charge in [0.25, 0.3) is 0 Å². The first-order valence-electron chi connectivity index (χ1n) is 6.87.